The summed E-state index contributed by atoms with van der Waals surface area (Å²) in [4.78, 5) is 37.1. The first-order chi connectivity index (χ1) is 18.0. The van der Waals surface area contributed by atoms with Crippen LogP contribution in [0.5, 0.6) is 17.2 Å². The van der Waals surface area contributed by atoms with Gasteiger partial charge in [-0.3, -0.25) is 9.59 Å². The summed E-state index contributed by atoms with van der Waals surface area (Å²) in [6.45, 7) is 0.741. The van der Waals surface area contributed by atoms with Crippen LogP contribution in [0.2, 0.25) is 0 Å². The molecule has 1 N–H and O–H groups in total. The van der Waals surface area contributed by atoms with E-state index < -0.39 is 17.5 Å². The maximum Gasteiger partial charge on any atom is 0.349 e. The van der Waals surface area contributed by atoms with Crippen molar-refractivity contribution in [3.63, 3.8) is 0 Å². The zero-order valence-electron chi connectivity index (χ0n) is 20.4. The van der Waals surface area contributed by atoms with Gasteiger partial charge in [0.05, 0.1) is 13.7 Å². The molecule has 0 aliphatic rings. The minimum absolute atomic E-state index is 0.0813. The highest BCUT2D eigenvalue weighted by atomic mass is 16.5. The summed E-state index contributed by atoms with van der Waals surface area (Å²) in [5, 5.41) is 3.29. The second-order valence-electron chi connectivity index (χ2n) is 8.24. The van der Waals surface area contributed by atoms with Crippen LogP contribution in [0.4, 0.5) is 0 Å². The molecule has 0 saturated heterocycles. The van der Waals surface area contributed by atoms with Gasteiger partial charge in [0.1, 0.15) is 28.4 Å². The molecule has 0 aliphatic heterocycles. The van der Waals surface area contributed by atoms with E-state index in [0.717, 1.165) is 11.3 Å². The summed E-state index contributed by atoms with van der Waals surface area (Å²) in [5.74, 6) is 0.730. The third kappa shape index (κ3) is 7.20. The molecular weight excluding hydrogens is 474 g/mol. The molecule has 0 fully saturated rings. The van der Waals surface area contributed by atoms with E-state index in [0.29, 0.717) is 37.1 Å². The molecule has 0 saturated carbocycles. The average molecular weight is 502 g/mol. The van der Waals surface area contributed by atoms with Gasteiger partial charge in [-0.2, -0.15) is 0 Å². The second kappa shape index (κ2) is 12.4. The molecule has 4 rings (SSSR count). The van der Waals surface area contributed by atoms with E-state index in [1.807, 2.05) is 30.3 Å². The molecule has 0 spiro atoms. The van der Waals surface area contributed by atoms with Crippen LogP contribution in [-0.4, -0.2) is 32.1 Å². The Labute approximate surface area is 213 Å². The minimum atomic E-state index is -0.760. The van der Waals surface area contributed by atoms with E-state index in [4.69, 9.17) is 18.6 Å². The van der Waals surface area contributed by atoms with Crippen LogP contribution in [0.25, 0.3) is 11.0 Å². The highest BCUT2D eigenvalue weighted by Gasteiger charge is 2.14. The first kappa shape index (κ1) is 25.5. The number of nitrogens with one attached hydrogen (secondary N) is 1. The lowest BCUT2D eigenvalue weighted by Crippen LogP contribution is -2.29. The summed E-state index contributed by atoms with van der Waals surface area (Å²) in [5.41, 5.74) is 0.463. The van der Waals surface area contributed by atoms with Gasteiger partial charge in [-0.05, 0) is 60.9 Å². The normalized spacial score (nSPS) is 10.6. The number of fused-ring (bicyclic) bond motifs is 1. The quantitative estimate of drug-likeness (QED) is 0.139. The Hall–Kier alpha value is -4.59. The van der Waals surface area contributed by atoms with Gasteiger partial charge in [0.25, 0.3) is 5.91 Å². The number of esters is 1. The van der Waals surface area contributed by atoms with Gasteiger partial charge < -0.3 is 23.9 Å². The fraction of sp³-hybridized carbons (Fsp3) is 0.207. The molecule has 0 atom stereocenters. The first-order valence-corrected chi connectivity index (χ1v) is 11.9. The Bertz CT molecular complexity index is 1410. The number of amides is 1. The summed E-state index contributed by atoms with van der Waals surface area (Å²) < 4.78 is 21.4. The molecule has 190 valence electrons. The topological polar surface area (TPSA) is 104 Å². The minimum Gasteiger partial charge on any atom is -0.497 e. The number of carbonyl (C=O) groups is 2. The summed E-state index contributed by atoms with van der Waals surface area (Å²) in [6.07, 6.45) is 1.27. The lowest BCUT2D eigenvalue weighted by molar-refractivity contribution is -0.134. The molecule has 8 heteroatoms. The number of ether oxygens (including phenoxy) is 3. The maximum absolute atomic E-state index is 12.5. The summed E-state index contributed by atoms with van der Waals surface area (Å²) in [7, 11) is 1.59. The summed E-state index contributed by atoms with van der Waals surface area (Å²) >= 11 is 0. The van der Waals surface area contributed by atoms with Crippen molar-refractivity contribution in [1.82, 2.24) is 5.32 Å². The first-order valence-electron chi connectivity index (χ1n) is 11.9. The Kier molecular flexibility index (Phi) is 8.54. The monoisotopic (exact) mass is 501 g/mol. The van der Waals surface area contributed by atoms with Gasteiger partial charge in [0.15, 0.2) is 0 Å². The zero-order chi connectivity index (χ0) is 26.0. The molecule has 1 heterocycles. The van der Waals surface area contributed by atoms with E-state index in [-0.39, 0.29) is 23.3 Å². The van der Waals surface area contributed by atoms with Crippen LogP contribution >= 0.6 is 0 Å². The van der Waals surface area contributed by atoms with Crippen molar-refractivity contribution < 1.29 is 28.2 Å². The number of benzene rings is 3. The van der Waals surface area contributed by atoms with Crippen molar-refractivity contribution in [2.45, 2.75) is 19.3 Å². The molecule has 4 aromatic rings. The third-order valence-electron chi connectivity index (χ3n) is 5.58. The third-order valence-corrected chi connectivity index (χ3v) is 5.58. The molecule has 1 amide bonds. The zero-order valence-corrected chi connectivity index (χ0v) is 20.4. The van der Waals surface area contributed by atoms with E-state index in [1.54, 1.807) is 43.5 Å². The SMILES string of the molecule is COc1ccc(OCCCC(=O)Oc2ccc3cc(C(=O)NCCc4ccccc4)c(=O)oc3c2)cc1. The Morgan fingerprint density at radius 3 is 2.38 bits per heavy atom. The van der Waals surface area contributed by atoms with Gasteiger partial charge >= 0.3 is 11.6 Å². The van der Waals surface area contributed by atoms with Crippen LogP contribution < -0.4 is 25.2 Å². The Balaban J connectivity index is 1.28. The van der Waals surface area contributed by atoms with Crippen LogP contribution in [0, 0.1) is 0 Å². The lowest BCUT2D eigenvalue weighted by Gasteiger charge is -2.08. The molecule has 3 aromatic carbocycles. The second-order valence-corrected chi connectivity index (χ2v) is 8.24. The number of methoxy groups -OCH3 is 1. The van der Waals surface area contributed by atoms with Gasteiger partial charge in [-0.25, -0.2) is 4.79 Å². The van der Waals surface area contributed by atoms with E-state index in [1.165, 1.54) is 12.1 Å². The number of hydrogen-bond acceptors (Lipinski definition) is 7. The fourth-order valence-corrected chi connectivity index (χ4v) is 3.63. The molecule has 0 aliphatic carbocycles. The molecule has 37 heavy (non-hydrogen) atoms. The highest BCUT2D eigenvalue weighted by Crippen LogP contribution is 2.21. The van der Waals surface area contributed by atoms with Crippen molar-refractivity contribution in [1.29, 1.82) is 0 Å². The number of rotatable bonds is 11. The van der Waals surface area contributed by atoms with Crippen molar-refractivity contribution in [2.24, 2.45) is 0 Å². The average Bonchev–Trinajstić information content (AvgIpc) is 2.91. The highest BCUT2D eigenvalue weighted by molar-refractivity contribution is 5.96. The maximum atomic E-state index is 12.5. The molecule has 0 radical (unpaired) electrons. The Morgan fingerprint density at radius 1 is 0.892 bits per heavy atom. The largest absolute Gasteiger partial charge is 0.497 e. The van der Waals surface area contributed by atoms with E-state index >= 15 is 0 Å². The molecular formula is C29H27NO7. The van der Waals surface area contributed by atoms with Crippen LogP contribution in [0.1, 0.15) is 28.8 Å². The molecule has 0 bridgehead atoms. The summed E-state index contributed by atoms with van der Waals surface area (Å²) in [6, 6.07) is 23.0. The van der Waals surface area contributed by atoms with Gasteiger partial charge in [-0.1, -0.05) is 30.3 Å². The van der Waals surface area contributed by atoms with Gasteiger partial charge in [0, 0.05) is 24.4 Å². The van der Waals surface area contributed by atoms with Crippen molar-refractivity contribution in [3.8, 4) is 17.2 Å². The van der Waals surface area contributed by atoms with E-state index in [2.05, 4.69) is 5.32 Å². The molecule has 0 unspecified atom stereocenters. The van der Waals surface area contributed by atoms with Crippen LogP contribution in [-0.2, 0) is 11.2 Å². The predicted molar refractivity (Wildman–Crippen MR) is 138 cm³/mol. The predicted octanol–water partition coefficient (Wildman–Crippen LogP) is 4.54. The van der Waals surface area contributed by atoms with Crippen molar-refractivity contribution >= 4 is 22.8 Å². The van der Waals surface area contributed by atoms with Crippen molar-refractivity contribution in [3.05, 3.63) is 100 Å². The van der Waals surface area contributed by atoms with Gasteiger partial charge in [-0.15, -0.1) is 0 Å². The van der Waals surface area contributed by atoms with Crippen molar-refractivity contribution in [2.75, 3.05) is 20.3 Å². The fourth-order valence-electron chi connectivity index (χ4n) is 3.63. The Morgan fingerprint density at radius 2 is 1.62 bits per heavy atom. The smallest absolute Gasteiger partial charge is 0.349 e. The number of hydrogen-bond donors (Lipinski definition) is 1. The number of carbonyl (C=O) groups excluding carboxylic acids is 2. The standard InChI is InChI=1S/C29H27NO7/c1-34-22-11-13-23(14-12-22)35-17-5-8-27(31)36-24-10-9-21-18-25(29(33)37-26(21)19-24)28(32)30-16-15-20-6-3-2-4-7-20/h2-4,6-7,9-14,18-19H,5,8,15-17H2,1H3,(H,30,32). The van der Waals surface area contributed by atoms with Crippen LogP contribution in [0.3, 0.4) is 0 Å². The molecule has 8 nitrogen and oxygen atoms in total. The van der Waals surface area contributed by atoms with E-state index in [9.17, 15) is 14.4 Å². The molecule has 1 aromatic heterocycles. The lowest BCUT2D eigenvalue weighted by atomic mass is 10.1. The van der Waals surface area contributed by atoms with Gasteiger partial charge in [0.2, 0.25) is 0 Å². The van der Waals surface area contributed by atoms with Crippen LogP contribution in [0.15, 0.2) is 88.1 Å².